The van der Waals surface area contributed by atoms with E-state index in [0.717, 1.165) is 12.1 Å². The number of methoxy groups -OCH3 is 1. The predicted octanol–water partition coefficient (Wildman–Crippen LogP) is 2.38. The van der Waals surface area contributed by atoms with Crippen LogP contribution in [0, 0.1) is 6.92 Å². The van der Waals surface area contributed by atoms with Crippen LogP contribution in [0.2, 0.25) is 0 Å². The molecule has 0 aliphatic rings. The van der Waals surface area contributed by atoms with Gasteiger partial charge in [-0.2, -0.15) is 13.2 Å². The second kappa shape index (κ2) is 4.75. The van der Waals surface area contributed by atoms with Crippen molar-refractivity contribution in [2.45, 2.75) is 19.2 Å². The Morgan fingerprint density at radius 1 is 1.41 bits per heavy atom. The molecule has 1 N–H and O–H groups in total. The van der Waals surface area contributed by atoms with E-state index in [9.17, 15) is 18.0 Å². The molecule has 0 aliphatic heterocycles. The summed E-state index contributed by atoms with van der Waals surface area (Å²) in [5, 5.41) is 9.03. The Morgan fingerprint density at radius 2 is 2.00 bits per heavy atom. The van der Waals surface area contributed by atoms with Crippen molar-refractivity contribution >= 4 is 5.97 Å². The molecule has 0 bridgehead atoms. The average molecular weight is 248 g/mol. The zero-order chi connectivity index (χ0) is 13.2. The number of aryl methyl sites for hydroxylation is 1. The van der Waals surface area contributed by atoms with E-state index in [1.165, 1.54) is 20.1 Å². The van der Waals surface area contributed by atoms with E-state index in [0.29, 0.717) is 5.56 Å². The highest BCUT2D eigenvalue weighted by molar-refractivity contribution is 5.90. The number of hydrogen-bond donors (Lipinski definition) is 1. The number of alkyl halides is 3. The number of aliphatic hydroxyl groups excluding tert-OH is 1. The summed E-state index contributed by atoms with van der Waals surface area (Å²) in [7, 11) is 1.18. The van der Waals surface area contributed by atoms with Gasteiger partial charge in [0.1, 0.15) is 0 Å². The van der Waals surface area contributed by atoms with E-state index < -0.39 is 18.2 Å². The van der Waals surface area contributed by atoms with Gasteiger partial charge in [-0.05, 0) is 24.1 Å². The standard InChI is InChI=1S/C11H11F3O3/c1-6-5-7(9(15)11(12,13)14)3-4-8(6)10(16)17-2/h3-5,9,15H,1-2H3/t9-/m1/s1. The van der Waals surface area contributed by atoms with Crippen LogP contribution in [-0.4, -0.2) is 24.4 Å². The third kappa shape index (κ3) is 2.97. The van der Waals surface area contributed by atoms with Gasteiger partial charge in [-0.25, -0.2) is 4.79 Å². The monoisotopic (exact) mass is 248 g/mol. The van der Waals surface area contributed by atoms with Crippen molar-refractivity contribution in [3.05, 3.63) is 34.9 Å². The highest BCUT2D eigenvalue weighted by Crippen LogP contribution is 2.33. The maximum Gasteiger partial charge on any atom is 0.418 e. The molecule has 0 heterocycles. The lowest BCUT2D eigenvalue weighted by Gasteiger charge is -2.16. The zero-order valence-electron chi connectivity index (χ0n) is 9.21. The Balaban J connectivity index is 3.09. The minimum Gasteiger partial charge on any atom is -0.465 e. The van der Waals surface area contributed by atoms with Gasteiger partial charge < -0.3 is 9.84 Å². The molecule has 0 saturated heterocycles. The second-order valence-electron chi connectivity index (χ2n) is 3.51. The largest absolute Gasteiger partial charge is 0.465 e. The van der Waals surface area contributed by atoms with Crippen LogP contribution < -0.4 is 0 Å². The van der Waals surface area contributed by atoms with Crippen LogP contribution in [0.1, 0.15) is 27.6 Å². The summed E-state index contributed by atoms with van der Waals surface area (Å²) in [4.78, 5) is 11.2. The lowest BCUT2D eigenvalue weighted by Crippen LogP contribution is -2.20. The maximum absolute atomic E-state index is 12.3. The van der Waals surface area contributed by atoms with Gasteiger partial charge in [0.15, 0.2) is 6.10 Å². The van der Waals surface area contributed by atoms with E-state index >= 15 is 0 Å². The minimum atomic E-state index is -4.72. The third-order valence-corrected chi connectivity index (χ3v) is 2.28. The summed E-state index contributed by atoms with van der Waals surface area (Å²) in [6.07, 6.45) is -7.27. The SMILES string of the molecule is COC(=O)c1ccc([C@@H](O)C(F)(F)F)cc1C. The number of rotatable bonds is 2. The summed E-state index contributed by atoms with van der Waals surface area (Å²) in [6.45, 7) is 1.47. The van der Waals surface area contributed by atoms with Gasteiger partial charge in [0, 0.05) is 0 Å². The van der Waals surface area contributed by atoms with Crippen LogP contribution in [0.4, 0.5) is 13.2 Å². The summed E-state index contributed by atoms with van der Waals surface area (Å²) in [6, 6.07) is 3.37. The maximum atomic E-state index is 12.3. The number of carbonyl (C=O) groups excluding carboxylic acids is 1. The minimum absolute atomic E-state index is 0.172. The fourth-order valence-electron chi connectivity index (χ4n) is 1.38. The average Bonchev–Trinajstić information content (AvgIpc) is 2.25. The van der Waals surface area contributed by atoms with Crippen molar-refractivity contribution in [3.63, 3.8) is 0 Å². The van der Waals surface area contributed by atoms with E-state index in [1.54, 1.807) is 0 Å². The molecular weight excluding hydrogens is 237 g/mol. The summed E-state index contributed by atoms with van der Waals surface area (Å²) in [5.41, 5.74) is 0.186. The van der Waals surface area contributed by atoms with Crippen LogP contribution in [0.15, 0.2) is 18.2 Å². The van der Waals surface area contributed by atoms with Gasteiger partial charge in [-0.15, -0.1) is 0 Å². The van der Waals surface area contributed by atoms with Crippen LogP contribution in [0.5, 0.6) is 0 Å². The van der Waals surface area contributed by atoms with E-state index in [4.69, 9.17) is 5.11 Å². The predicted molar refractivity (Wildman–Crippen MR) is 53.5 cm³/mol. The normalized spacial score (nSPS) is 13.3. The van der Waals surface area contributed by atoms with E-state index in [-0.39, 0.29) is 11.1 Å². The molecule has 1 rings (SSSR count). The lowest BCUT2D eigenvalue weighted by atomic mass is 10.0. The first-order valence-electron chi connectivity index (χ1n) is 4.71. The topological polar surface area (TPSA) is 46.5 Å². The van der Waals surface area contributed by atoms with Gasteiger partial charge in [0.05, 0.1) is 12.7 Å². The number of esters is 1. The first-order chi connectivity index (χ1) is 7.77. The molecular formula is C11H11F3O3. The summed E-state index contributed by atoms with van der Waals surface area (Å²) < 4.78 is 41.2. The molecule has 94 valence electrons. The molecule has 0 spiro atoms. The Bertz CT molecular complexity index is 426. The number of carbonyl (C=O) groups is 1. The van der Waals surface area contributed by atoms with Gasteiger partial charge in [0.2, 0.25) is 0 Å². The Kier molecular flexibility index (Phi) is 3.77. The van der Waals surface area contributed by atoms with Crippen LogP contribution in [0.3, 0.4) is 0 Å². The van der Waals surface area contributed by atoms with Crippen molar-refractivity contribution in [1.82, 2.24) is 0 Å². The molecule has 17 heavy (non-hydrogen) atoms. The molecule has 0 aromatic heterocycles. The molecule has 0 aliphatic carbocycles. The highest BCUT2D eigenvalue weighted by Gasteiger charge is 2.39. The molecule has 1 aromatic carbocycles. The molecule has 0 unspecified atom stereocenters. The van der Waals surface area contributed by atoms with Crippen molar-refractivity contribution < 1.29 is 27.8 Å². The third-order valence-electron chi connectivity index (χ3n) is 2.28. The molecule has 0 amide bonds. The van der Waals surface area contributed by atoms with Crippen molar-refractivity contribution in [3.8, 4) is 0 Å². The van der Waals surface area contributed by atoms with Gasteiger partial charge in [-0.3, -0.25) is 0 Å². The summed E-state index contributed by atoms with van der Waals surface area (Å²) in [5.74, 6) is -0.629. The fourth-order valence-corrected chi connectivity index (χ4v) is 1.38. The molecule has 1 atom stereocenters. The molecule has 1 aromatic rings. The van der Waals surface area contributed by atoms with Crippen molar-refractivity contribution in [1.29, 1.82) is 0 Å². The fraction of sp³-hybridized carbons (Fsp3) is 0.364. The van der Waals surface area contributed by atoms with Crippen LogP contribution in [0.25, 0.3) is 0 Å². The van der Waals surface area contributed by atoms with Crippen molar-refractivity contribution in [2.24, 2.45) is 0 Å². The second-order valence-corrected chi connectivity index (χ2v) is 3.51. The Morgan fingerprint density at radius 3 is 2.41 bits per heavy atom. The van der Waals surface area contributed by atoms with Crippen molar-refractivity contribution in [2.75, 3.05) is 7.11 Å². The lowest BCUT2D eigenvalue weighted by molar-refractivity contribution is -0.206. The first kappa shape index (κ1) is 13.5. The zero-order valence-corrected chi connectivity index (χ0v) is 9.21. The number of ether oxygens (including phenoxy) is 1. The Hall–Kier alpha value is -1.56. The van der Waals surface area contributed by atoms with Crippen LogP contribution >= 0.6 is 0 Å². The summed E-state index contributed by atoms with van der Waals surface area (Å²) >= 11 is 0. The van der Waals surface area contributed by atoms with Gasteiger partial charge in [-0.1, -0.05) is 12.1 Å². The van der Waals surface area contributed by atoms with Gasteiger partial charge in [0.25, 0.3) is 0 Å². The molecule has 0 radical (unpaired) electrons. The first-order valence-corrected chi connectivity index (χ1v) is 4.71. The molecule has 0 fully saturated rings. The van der Waals surface area contributed by atoms with E-state index in [2.05, 4.69) is 4.74 Å². The molecule has 0 saturated carbocycles. The van der Waals surface area contributed by atoms with E-state index in [1.807, 2.05) is 0 Å². The number of hydrogen-bond acceptors (Lipinski definition) is 3. The Labute approximate surface area is 95.8 Å². The molecule has 6 heteroatoms. The highest BCUT2D eigenvalue weighted by atomic mass is 19.4. The quantitative estimate of drug-likeness (QED) is 0.817. The smallest absolute Gasteiger partial charge is 0.418 e. The number of halogens is 3. The van der Waals surface area contributed by atoms with Gasteiger partial charge >= 0.3 is 12.1 Å². The number of benzene rings is 1. The van der Waals surface area contributed by atoms with Crippen LogP contribution in [-0.2, 0) is 4.74 Å². The molecule has 3 nitrogen and oxygen atoms in total. The number of aliphatic hydroxyl groups is 1.